The molecule has 0 aliphatic heterocycles. The second kappa shape index (κ2) is 12.4. The highest BCUT2D eigenvalue weighted by molar-refractivity contribution is 6.26. The Morgan fingerprint density at radius 2 is 1.15 bits per heavy atom. The fourth-order valence-corrected chi connectivity index (χ4v) is 3.32. The minimum Gasteiger partial charge on any atom is -0.468 e. The van der Waals surface area contributed by atoms with E-state index >= 15 is 0 Å². The molecule has 0 radical (unpaired) electrons. The van der Waals surface area contributed by atoms with Gasteiger partial charge < -0.3 is 23.7 Å². The van der Waals surface area contributed by atoms with Crippen LogP contribution in [0.2, 0.25) is 0 Å². The lowest BCUT2D eigenvalue weighted by atomic mass is 9.89. The van der Waals surface area contributed by atoms with E-state index < -0.39 is 5.97 Å². The van der Waals surface area contributed by atoms with Gasteiger partial charge in [0.1, 0.15) is 11.5 Å². The van der Waals surface area contributed by atoms with E-state index in [4.69, 9.17) is 23.7 Å². The number of benzene rings is 3. The Balaban J connectivity index is 2.16. The number of esters is 1. The van der Waals surface area contributed by atoms with Crippen molar-refractivity contribution in [1.29, 1.82) is 0 Å². The van der Waals surface area contributed by atoms with Crippen LogP contribution in [0.25, 0.3) is 11.1 Å². The zero-order chi connectivity index (χ0) is 23.5. The first kappa shape index (κ1) is 24.0. The molecule has 0 aliphatic carbocycles. The maximum absolute atomic E-state index is 13.2. The average Bonchev–Trinajstić information content (AvgIpc) is 2.86. The Morgan fingerprint density at radius 1 is 0.667 bits per heavy atom. The fraction of sp³-hybridized carbons (Fsp3) is 0.222. The predicted molar refractivity (Wildman–Crippen MR) is 127 cm³/mol. The van der Waals surface area contributed by atoms with Gasteiger partial charge in [0.05, 0.1) is 12.2 Å². The molecule has 0 fully saturated rings. The van der Waals surface area contributed by atoms with E-state index in [1.54, 1.807) is 33.3 Å². The molecule has 6 heteroatoms. The van der Waals surface area contributed by atoms with Crippen LogP contribution in [0.1, 0.15) is 23.6 Å². The van der Waals surface area contributed by atoms with Crippen molar-refractivity contribution in [3.05, 3.63) is 95.6 Å². The lowest BCUT2D eigenvalue weighted by Gasteiger charge is -2.17. The molecule has 172 valence electrons. The SMILES string of the molecule is CCOC(=O)C(=C(c1ccccc1)c1ccc(OCOC)cc1)c1ccc(OCOC)cc1. The van der Waals surface area contributed by atoms with Gasteiger partial charge in [-0.1, -0.05) is 54.6 Å². The molecular weight excluding hydrogens is 420 g/mol. The van der Waals surface area contributed by atoms with Crippen LogP contribution in [0.4, 0.5) is 0 Å². The van der Waals surface area contributed by atoms with Gasteiger partial charge in [0.25, 0.3) is 0 Å². The van der Waals surface area contributed by atoms with Crippen molar-refractivity contribution in [3.63, 3.8) is 0 Å². The number of hydrogen-bond acceptors (Lipinski definition) is 6. The summed E-state index contributed by atoms with van der Waals surface area (Å²) in [7, 11) is 3.13. The van der Waals surface area contributed by atoms with Crippen molar-refractivity contribution < 1.29 is 28.5 Å². The topological polar surface area (TPSA) is 63.2 Å². The zero-order valence-electron chi connectivity index (χ0n) is 19.1. The van der Waals surface area contributed by atoms with Crippen LogP contribution in [-0.2, 0) is 19.0 Å². The Labute approximate surface area is 194 Å². The summed E-state index contributed by atoms with van der Waals surface area (Å²) >= 11 is 0. The maximum Gasteiger partial charge on any atom is 0.339 e. The minimum absolute atomic E-state index is 0.146. The molecule has 0 unspecified atom stereocenters. The van der Waals surface area contributed by atoms with Crippen LogP contribution >= 0.6 is 0 Å². The molecule has 6 nitrogen and oxygen atoms in total. The van der Waals surface area contributed by atoms with E-state index in [1.807, 2.05) is 66.7 Å². The van der Waals surface area contributed by atoms with Crippen LogP contribution in [0.15, 0.2) is 78.9 Å². The predicted octanol–water partition coefficient (Wildman–Crippen LogP) is 5.17. The Hall–Kier alpha value is -3.61. The molecule has 0 aromatic heterocycles. The van der Waals surface area contributed by atoms with Crippen molar-refractivity contribution in [2.45, 2.75) is 6.92 Å². The average molecular weight is 449 g/mol. The van der Waals surface area contributed by atoms with Gasteiger partial charge in [0, 0.05) is 19.8 Å². The third kappa shape index (κ3) is 6.44. The Bertz CT molecular complexity index is 1040. The quantitative estimate of drug-likeness (QED) is 0.174. The summed E-state index contributed by atoms with van der Waals surface area (Å²) in [6.07, 6.45) is 0. The Kier molecular flexibility index (Phi) is 9.06. The monoisotopic (exact) mass is 448 g/mol. The molecule has 0 saturated heterocycles. The summed E-state index contributed by atoms with van der Waals surface area (Å²) in [5, 5.41) is 0. The molecule has 0 saturated carbocycles. The molecule has 33 heavy (non-hydrogen) atoms. The molecule has 0 amide bonds. The first-order chi connectivity index (χ1) is 16.2. The van der Waals surface area contributed by atoms with Crippen LogP contribution < -0.4 is 9.47 Å². The normalized spacial score (nSPS) is 11.5. The first-order valence-corrected chi connectivity index (χ1v) is 10.6. The summed E-state index contributed by atoms with van der Waals surface area (Å²) in [6.45, 7) is 2.36. The smallest absolute Gasteiger partial charge is 0.339 e. The highest BCUT2D eigenvalue weighted by Gasteiger charge is 2.22. The number of carbonyl (C=O) groups is 1. The molecule has 0 spiro atoms. The van der Waals surface area contributed by atoms with Gasteiger partial charge in [-0.25, -0.2) is 4.79 Å². The summed E-state index contributed by atoms with van der Waals surface area (Å²) in [6, 6.07) is 24.6. The number of rotatable bonds is 11. The third-order valence-electron chi connectivity index (χ3n) is 4.76. The number of methoxy groups -OCH3 is 2. The van der Waals surface area contributed by atoms with Crippen molar-refractivity contribution in [1.82, 2.24) is 0 Å². The largest absolute Gasteiger partial charge is 0.468 e. The van der Waals surface area contributed by atoms with E-state index in [0.29, 0.717) is 17.1 Å². The molecule has 3 aromatic carbocycles. The lowest BCUT2D eigenvalue weighted by Crippen LogP contribution is -2.10. The van der Waals surface area contributed by atoms with E-state index in [1.165, 1.54) is 0 Å². The summed E-state index contributed by atoms with van der Waals surface area (Å²) in [5.74, 6) is 0.914. The van der Waals surface area contributed by atoms with Crippen LogP contribution in [0.5, 0.6) is 11.5 Å². The molecular formula is C27H28O6. The highest BCUT2D eigenvalue weighted by atomic mass is 16.7. The molecule has 0 aliphatic rings. The molecule has 0 heterocycles. The molecule has 0 N–H and O–H groups in total. The van der Waals surface area contributed by atoms with Crippen LogP contribution in [0, 0.1) is 0 Å². The van der Waals surface area contributed by atoms with Crippen molar-refractivity contribution >= 4 is 17.1 Å². The van der Waals surface area contributed by atoms with Crippen molar-refractivity contribution in [2.24, 2.45) is 0 Å². The number of ether oxygens (including phenoxy) is 5. The van der Waals surface area contributed by atoms with Gasteiger partial charge in [-0.15, -0.1) is 0 Å². The molecule has 0 atom stereocenters. The highest BCUT2D eigenvalue weighted by Crippen LogP contribution is 2.34. The van der Waals surface area contributed by atoms with Gasteiger partial charge >= 0.3 is 5.97 Å². The van der Waals surface area contributed by atoms with Crippen LogP contribution in [0.3, 0.4) is 0 Å². The van der Waals surface area contributed by atoms with E-state index in [2.05, 4.69) is 0 Å². The number of carbonyl (C=O) groups excluding carboxylic acids is 1. The lowest BCUT2D eigenvalue weighted by molar-refractivity contribution is -0.136. The zero-order valence-corrected chi connectivity index (χ0v) is 19.1. The van der Waals surface area contributed by atoms with Crippen LogP contribution in [-0.4, -0.2) is 40.4 Å². The van der Waals surface area contributed by atoms with Gasteiger partial charge in [0.15, 0.2) is 13.6 Å². The number of hydrogen-bond donors (Lipinski definition) is 0. The van der Waals surface area contributed by atoms with Gasteiger partial charge in [-0.05, 0) is 47.9 Å². The van der Waals surface area contributed by atoms with Gasteiger partial charge in [-0.3, -0.25) is 0 Å². The summed E-state index contributed by atoms with van der Waals surface area (Å²) in [5.41, 5.74) is 3.70. The second-order valence-electron chi connectivity index (χ2n) is 6.99. The molecule has 0 bridgehead atoms. The molecule has 3 rings (SSSR count). The van der Waals surface area contributed by atoms with Gasteiger partial charge in [0.2, 0.25) is 0 Å². The fourth-order valence-electron chi connectivity index (χ4n) is 3.32. The first-order valence-electron chi connectivity index (χ1n) is 10.6. The van der Waals surface area contributed by atoms with E-state index in [0.717, 1.165) is 22.3 Å². The summed E-state index contributed by atoms with van der Waals surface area (Å²) in [4.78, 5) is 13.2. The van der Waals surface area contributed by atoms with Crippen molar-refractivity contribution in [2.75, 3.05) is 34.4 Å². The van der Waals surface area contributed by atoms with Gasteiger partial charge in [-0.2, -0.15) is 0 Å². The van der Waals surface area contributed by atoms with E-state index in [9.17, 15) is 4.79 Å². The maximum atomic E-state index is 13.2. The Morgan fingerprint density at radius 3 is 1.64 bits per heavy atom. The second-order valence-corrected chi connectivity index (χ2v) is 6.99. The minimum atomic E-state index is -0.401. The third-order valence-corrected chi connectivity index (χ3v) is 4.76. The van der Waals surface area contributed by atoms with E-state index in [-0.39, 0.29) is 20.2 Å². The summed E-state index contributed by atoms with van der Waals surface area (Å²) < 4.78 is 26.4. The standard InChI is InChI=1S/C27H28O6/c1-4-31-27(28)26(22-12-16-24(17-13-22)33-19-30-3)25(20-8-6-5-7-9-20)21-10-14-23(15-11-21)32-18-29-2/h5-17H,4,18-19H2,1-3H3. The molecule has 3 aromatic rings. The van der Waals surface area contributed by atoms with Crippen molar-refractivity contribution in [3.8, 4) is 11.5 Å².